The van der Waals surface area contributed by atoms with Crippen molar-refractivity contribution in [2.24, 2.45) is 0 Å². The van der Waals surface area contributed by atoms with E-state index in [1.54, 1.807) is 0 Å². The van der Waals surface area contributed by atoms with Crippen LogP contribution in [0.2, 0.25) is 0 Å². The minimum absolute atomic E-state index is 0.144. The first-order valence-electron chi connectivity index (χ1n) is 4.23. The summed E-state index contributed by atoms with van der Waals surface area (Å²) in [5, 5.41) is 17.0. The SMILES string of the molecule is N#CCCCS(=O)c1ccc(C(=O)O)o1. The lowest BCUT2D eigenvalue weighted by atomic mass is 10.4. The molecule has 0 aromatic carbocycles. The maximum Gasteiger partial charge on any atom is 0.371 e. The van der Waals surface area contributed by atoms with Crippen LogP contribution in [0, 0.1) is 11.3 Å². The Morgan fingerprint density at radius 3 is 2.87 bits per heavy atom. The first-order valence-corrected chi connectivity index (χ1v) is 5.55. The molecule has 1 rings (SSSR count). The number of aromatic carboxylic acids is 1. The molecule has 0 spiro atoms. The molecule has 0 bridgehead atoms. The van der Waals surface area contributed by atoms with Crippen molar-refractivity contribution in [3.8, 4) is 6.07 Å². The molecule has 1 N–H and O–H groups in total. The molecule has 6 heteroatoms. The lowest BCUT2D eigenvalue weighted by Gasteiger charge is -1.94. The van der Waals surface area contributed by atoms with E-state index in [2.05, 4.69) is 0 Å². The smallest absolute Gasteiger partial charge is 0.371 e. The Balaban J connectivity index is 2.59. The third kappa shape index (κ3) is 3.22. The van der Waals surface area contributed by atoms with Crippen molar-refractivity contribution in [1.82, 2.24) is 0 Å². The summed E-state index contributed by atoms with van der Waals surface area (Å²) in [5.74, 6) is -1.10. The van der Waals surface area contributed by atoms with Gasteiger partial charge < -0.3 is 9.52 Å². The van der Waals surface area contributed by atoms with Crippen LogP contribution in [0.1, 0.15) is 23.4 Å². The van der Waals surface area contributed by atoms with E-state index >= 15 is 0 Å². The lowest BCUT2D eigenvalue weighted by Crippen LogP contribution is -1.97. The first kappa shape index (κ1) is 11.5. The molecular weight excluding hydrogens is 218 g/mol. The second kappa shape index (κ2) is 5.32. The average Bonchev–Trinajstić information content (AvgIpc) is 2.66. The van der Waals surface area contributed by atoms with Gasteiger partial charge in [0.1, 0.15) is 0 Å². The van der Waals surface area contributed by atoms with Crippen molar-refractivity contribution in [3.63, 3.8) is 0 Å². The highest BCUT2D eigenvalue weighted by atomic mass is 32.2. The van der Waals surface area contributed by atoms with E-state index < -0.39 is 16.8 Å². The normalized spacial score (nSPS) is 11.9. The van der Waals surface area contributed by atoms with Crippen molar-refractivity contribution >= 4 is 16.8 Å². The van der Waals surface area contributed by atoms with Gasteiger partial charge in [0.15, 0.2) is 5.09 Å². The zero-order valence-corrected chi connectivity index (χ0v) is 8.62. The molecule has 5 nitrogen and oxygen atoms in total. The van der Waals surface area contributed by atoms with E-state index in [-0.39, 0.29) is 10.9 Å². The Morgan fingerprint density at radius 1 is 1.60 bits per heavy atom. The van der Waals surface area contributed by atoms with E-state index in [1.165, 1.54) is 12.1 Å². The van der Waals surface area contributed by atoms with Gasteiger partial charge in [0.05, 0.1) is 16.9 Å². The Hall–Kier alpha value is -1.61. The van der Waals surface area contributed by atoms with Crippen molar-refractivity contribution in [2.75, 3.05) is 5.75 Å². The summed E-state index contributed by atoms with van der Waals surface area (Å²) in [4.78, 5) is 10.5. The summed E-state index contributed by atoms with van der Waals surface area (Å²) in [6, 6.07) is 4.58. The van der Waals surface area contributed by atoms with E-state index in [9.17, 15) is 9.00 Å². The van der Waals surface area contributed by atoms with E-state index in [0.717, 1.165) is 0 Å². The minimum atomic E-state index is -1.36. The molecule has 0 radical (unpaired) electrons. The van der Waals surface area contributed by atoms with Crippen molar-refractivity contribution < 1.29 is 18.5 Å². The van der Waals surface area contributed by atoms with Gasteiger partial charge in [-0.2, -0.15) is 5.26 Å². The number of nitrogens with zero attached hydrogens (tertiary/aromatic N) is 1. The van der Waals surface area contributed by atoms with E-state index in [4.69, 9.17) is 14.8 Å². The van der Waals surface area contributed by atoms with Gasteiger partial charge in [-0.25, -0.2) is 4.79 Å². The minimum Gasteiger partial charge on any atom is -0.475 e. The maximum absolute atomic E-state index is 11.5. The van der Waals surface area contributed by atoms with Crippen LogP contribution in [-0.4, -0.2) is 21.0 Å². The number of carbonyl (C=O) groups is 1. The molecule has 1 heterocycles. The van der Waals surface area contributed by atoms with Gasteiger partial charge in [0.2, 0.25) is 5.76 Å². The summed E-state index contributed by atoms with van der Waals surface area (Å²) < 4.78 is 16.3. The summed E-state index contributed by atoms with van der Waals surface area (Å²) in [7, 11) is -1.36. The number of nitriles is 1. The van der Waals surface area contributed by atoms with E-state index in [1.807, 2.05) is 6.07 Å². The Bertz CT molecular complexity index is 418. The lowest BCUT2D eigenvalue weighted by molar-refractivity contribution is 0.0656. The largest absolute Gasteiger partial charge is 0.475 e. The van der Waals surface area contributed by atoms with Crippen molar-refractivity contribution in [2.45, 2.75) is 17.9 Å². The second-order valence-electron chi connectivity index (χ2n) is 2.74. The van der Waals surface area contributed by atoms with Crippen molar-refractivity contribution in [3.05, 3.63) is 17.9 Å². The highest BCUT2D eigenvalue weighted by Crippen LogP contribution is 2.13. The van der Waals surface area contributed by atoms with Gasteiger partial charge in [-0.05, 0) is 18.6 Å². The average molecular weight is 227 g/mol. The van der Waals surface area contributed by atoms with Gasteiger partial charge >= 0.3 is 5.97 Å². The summed E-state index contributed by atoms with van der Waals surface area (Å²) in [6.45, 7) is 0. The number of furan rings is 1. The number of unbranched alkanes of at least 4 members (excludes halogenated alkanes) is 1. The van der Waals surface area contributed by atoms with Crippen molar-refractivity contribution in [1.29, 1.82) is 5.26 Å². The molecule has 0 saturated carbocycles. The topological polar surface area (TPSA) is 91.3 Å². The third-order valence-electron chi connectivity index (χ3n) is 1.63. The fourth-order valence-electron chi connectivity index (χ4n) is 0.940. The molecule has 0 aliphatic carbocycles. The molecular formula is C9H9NO4S. The predicted octanol–water partition coefficient (Wildman–Crippen LogP) is 1.39. The first-order chi connectivity index (χ1) is 7.15. The molecule has 0 fully saturated rings. The molecule has 1 aromatic heterocycles. The Labute approximate surface area is 88.8 Å². The molecule has 0 saturated heterocycles. The fourth-order valence-corrected chi connectivity index (χ4v) is 1.95. The molecule has 15 heavy (non-hydrogen) atoms. The maximum atomic E-state index is 11.5. The summed E-state index contributed by atoms with van der Waals surface area (Å²) in [5.41, 5.74) is 0. The Morgan fingerprint density at radius 2 is 2.33 bits per heavy atom. The van der Waals surface area contributed by atoms with Crippen LogP contribution in [0.4, 0.5) is 0 Å². The van der Waals surface area contributed by atoms with Gasteiger partial charge in [0.25, 0.3) is 0 Å². The van der Waals surface area contributed by atoms with Crippen LogP contribution in [0.5, 0.6) is 0 Å². The number of rotatable bonds is 5. The second-order valence-corrected chi connectivity index (χ2v) is 4.24. The van der Waals surface area contributed by atoms with Crippen LogP contribution in [0.3, 0.4) is 0 Å². The number of hydrogen-bond donors (Lipinski definition) is 1. The summed E-state index contributed by atoms with van der Waals surface area (Å²) >= 11 is 0. The van der Waals surface area contributed by atoms with Crippen LogP contribution in [0.15, 0.2) is 21.6 Å². The standard InChI is InChI=1S/C9H9NO4S/c10-5-1-2-6-15(13)8-4-3-7(14-8)9(11)12/h3-4H,1-2,6H2,(H,11,12). The monoisotopic (exact) mass is 227 g/mol. The van der Waals surface area contributed by atoms with Crippen LogP contribution in [0.25, 0.3) is 0 Å². The van der Waals surface area contributed by atoms with Crippen LogP contribution >= 0.6 is 0 Å². The van der Waals surface area contributed by atoms with Gasteiger partial charge in [0, 0.05) is 12.2 Å². The number of hydrogen-bond acceptors (Lipinski definition) is 4. The molecule has 0 amide bonds. The predicted molar refractivity (Wildman–Crippen MR) is 51.8 cm³/mol. The molecule has 0 aliphatic heterocycles. The molecule has 1 aromatic rings. The van der Waals surface area contributed by atoms with Gasteiger partial charge in [-0.3, -0.25) is 4.21 Å². The zero-order valence-electron chi connectivity index (χ0n) is 7.80. The molecule has 1 atom stereocenters. The quantitative estimate of drug-likeness (QED) is 0.767. The molecule has 1 unspecified atom stereocenters. The highest BCUT2D eigenvalue weighted by Gasteiger charge is 2.13. The number of carboxylic acid groups (broad SMARTS) is 1. The van der Waals surface area contributed by atoms with Crippen LogP contribution in [-0.2, 0) is 10.8 Å². The zero-order chi connectivity index (χ0) is 11.3. The molecule has 80 valence electrons. The van der Waals surface area contributed by atoms with Crippen LogP contribution < -0.4 is 0 Å². The highest BCUT2D eigenvalue weighted by molar-refractivity contribution is 7.84. The summed E-state index contributed by atoms with van der Waals surface area (Å²) in [6.07, 6.45) is 0.838. The van der Waals surface area contributed by atoms with Gasteiger partial charge in [-0.15, -0.1) is 0 Å². The Kier molecular flexibility index (Phi) is 4.06. The third-order valence-corrected chi connectivity index (χ3v) is 2.96. The van der Waals surface area contributed by atoms with Gasteiger partial charge in [-0.1, -0.05) is 0 Å². The van der Waals surface area contributed by atoms with E-state index in [0.29, 0.717) is 18.6 Å². The fraction of sp³-hybridized carbons (Fsp3) is 0.333. The number of carboxylic acids is 1. The molecule has 0 aliphatic rings.